The number of piperazine rings is 1. The quantitative estimate of drug-likeness (QED) is 0.0593. The highest BCUT2D eigenvalue weighted by molar-refractivity contribution is 6.45. The Balaban J connectivity index is 1.72. The molecule has 0 atom stereocenters. The molecule has 1 amide bonds. The number of ketones is 1. The molecule has 0 spiro atoms. The van der Waals surface area contributed by atoms with Gasteiger partial charge >= 0.3 is 0 Å². The van der Waals surface area contributed by atoms with Gasteiger partial charge in [0.05, 0.1) is 35.0 Å². The minimum absolute atomic E-state index is 0.0741. The fourth-order valence-electron chi connectivity index (χ4n) is 4.24. The Morgan fingerprint density at radius 2 is 2.02 bits per heavy atom. The standard InChI is InChI=1S/C27H34FN11O2/c1-6-8-19(9-7-2)39(31-3)27(35(4)5)34-18-36-12-14-37(15-13-36)26(41)24(40)20-16-32-23-22(20)21(28)17-33-25(23)38(30)11-10-29/h1,7-11,16-17,32H,3,12-15,18,29-30H2,2,4-5H3/b9-7-,11-10-,19-8+,34-27-. The first-order valence-electron chi connectivity index (χ1n) is 12.6. The number of hydrazone groups is 1. The number of carbonyl (C=O) groups excluding carboxylic acids is 2. The minimum Gasteiger partial charge on any atom is -0.403 e. The van der Waals surface area contributed by atoms with Crippen molar-refractivity contribution in [1.82, 2.24) is 29.7 Å². The van der Waals surface area contributed by atoms with Crippen LogP contribution in [0.1, 0.15) is 17.3 Å². The third kappa shape index (κ3) is 6.78. The number of halogens is 1. The van der Waals surface area contributed by atoms with E-state index in [0.717, 1.165) is 11.2 Å². The summed E-state index contributed by atoms with van der Waals surface area (Å²) >= 11 is 0. The van der Waals surface area contributed by atoms with E-state index in [9.17, 15) is 14.0 Å². The molecule has 5 N–H and O–H groups in total. The number of aliphatic imine (C=N–C) groups is 1. The molecule has 0 unspecified atom stereocenters. The van der Waals surface area contributed by atoms with E-state index in [1.807, 2.05) is 32.0 Å². The van der Waals surface area contributed by atoms with Gasteiger partial charge in [-0.25, -0.2) is 25.2 Å². The lowest BCUT2D eigenvalue weighted by atomic mass is 10.1. The van der Waals surface area contributed by atoms with Gasteiger partial charge in [0, 0.05) is 71.7 Å². The molecule has 0 saturated carbocycles. The van der Waals surface area contributed by atoms with Crippen LogP contribution < -0.4 is 16.6 Å². The number of nitrogens with zero attached hydrogens (tertiary/aromatic N) is 8. The number of hydrazine groups is 1. The molecule has 1 saturated heterocycles. The fourth-order valence-corrected chi connectivity index (χ4v) is 4.24. The lowest BCUT2D eigenvalue weighted by molar-refractivity contribution is -0.128. The number of nitrogens with one attached hydrogen (secondary N) is 1. The van der Waals surface area contributed by atoms with E-state index in [0.29, 0.717) is 31.4 Å². The maximum absolute atomic E-state index is 14.7. The van der Waals surface area contributed by atoms with Crippen molar-refractivity contribution in [3.8, 4) is 12.3 Å². The zero-order valence-corrected chi connectivity index (χ0v) is 23.3. The monoisotopic (exact) mass is 563 g/mol. The van der Waals surface area contributed by atoms with E-state index >= 15 is 0 Å². The number of terminal acetylenes is 1. The molecule has 216 valence electrons. The molecular weight excluding hydrogens is 529 g/mol. The second-order valence-corrected chi connectivity index (χ2v) is 9.05. The Hall–Kier alpha value is -5.00. The summed E-state index contributed by atoms with van der Waals surface area (Å²) in [5.41, 5.74) is 6.06. The number of aromatic nitrogens is 2. The first-order chi connectivity index (χ1) is 19.7. The van der Waals surface area contributed by atoms with E-state index in [1.165, 1.54) is 28.5 Å². The molecule has 1 aliphatic rings. The van der Waals surface area contributed by atoms with Gasteiger partial charge in [0.25, 0.3) is 11.7 Å². The summed E-state index contributed by atoms with van der Waals surface area (Å²) in [6, 6.07) is 0. The van der Waals surface area contributed by atoms with Gasteiger partial charge < -0.3 is 20.5 Å². The molecule has 13 nitrogen and oxygen atoms in total. The Morgan fingerprint density at radius 3 is 2.61 bits per heavy atom. The number of guanidine groups is 1. The van der Waals surface area contributed by atoms with Crippen LogP contribution in [0.2, 0.25) is 0 Å². The Bertz CT molecular complexity index is 1440. The average Bonchev–Trinajstić information content (AvgIpc) is 3.41. The number of H-pyrrole nitrogens is 1. The highest BCUT2D eigenvalue weighted by Gasteiger charge is 2.30. The Morgan fingerprint density at radius 1 is 1.32 bits per heavy atom. The summed E-state index contributed by atoms with van der Waals surface area (Å²) < 4.78 is 14.7. The number of carbonyl (C=O) groups is 2. The number of hydrogen-bond donors (Lipinski definition) is 3. The third-order valence-corrected chi connectivity index (χ3v) is 6.19. The van der Waals surface area contributed by atoms with Crippen LogP contribution in [0.4, 0.5) is 10.2 Å². The number of allylic oxidation sites excluding steroid dienone is 3. The summed E-state index contributed by atoms with van der Waals surface area (Å²) in [5, 5.41) is 6.62. The van der Waals surface area contributed by atoms with Crippen molar-refractivity contribution < 1.29 is 14.0 Å². The normalized spacial score (nSPS) is 15.0. The SMILES string of the molecule is C#C/C=C(\C=C/C)N(N=C)/C(=N\CN1CCN(C(=O)C(=O)c2c[nH]c3c(N(N)/C=C\N)ncc(F)c23)CC1)N(C)C. The molecule has 3 heterocycles. The van der Waals surface area contributed by atoms with Crippen molar-refractivity contribution in [2.24, 2.45) is 21.7 Å². The van der Waals surface area contributed by atoms with Crippen molar-refractivity contribution in [2.45, 2.75) is 6.92 Å². The maximum Gasteiger partial charge on any atom is 0.295 e. The van der Waals surface area contributed by atoms with Crippen molar-refractivity contribution in [1.29, 1.82) is 0 Å². The van der Waals surface area contributed by atoms with Gasteiger partial charge in [0.15, 0.2) is 11.6 Å². The van der Waals surface area contributed by atoms with Crippen LogP contribution in [-0.2, 0) is 4.79 Å². The number of hydrogen-bond acceptors (Lipinski definition) is 9. The number of amides is 1. The minimum atomic E-state index is -0.837. The third-order valence-electron chi connectivity index (χ3n) is 6.19. The second kappa shape index (κ2) is 13.9. The highest BCUT2D eigenvalue weighted by Crippen LogP contribution is 2.28. The number of anilines is 1. The molecular formula is C27H34FN11O2. The summed E-state index contributed by atoms with van der Waals surface area (Å²) in [6.45, 7) is 7.34. The number of fused-ring (bicyclic) bond motifs is 1. The maximum atomic E-state index is 14.7. The predicted octanol–water partition coefficient (Wildman–Crippen LogP) is 1.02. The largest absolute Gasteiger partial charge is 0.403 e. The lowest BCUT2D eigenvalue weighted by Crippen LogP contribution is -2.50. The first kappa shape index (κ1) is 30.5. The lowest BCUT2D eigenvalue weighted by Gasteiger charge is -2.34. The average molecular weight is 564 g/mol. The van der Waals surface area contributed by atoms with Gasteiger partial charge in [-0.3, -0.25) is 19.5 Å². The molecule has 0 bridgehead atoms. The van der Waals surface area contributed by atoms with Crippen LogP contribution >= 0.6 is 0 Å². The molecule has 14 heteroatoms. The smallest absolute Gasteiger partial charge is 0.295 e. The molecule has 3 rings (SSSR count). The van der Waals surface area contributed by atoms with Gasteiger partial charge in [-0.05, 0) is 13.0 Å². The number of rotatable bonds is 9. The Labute approximate surface area is 237 Å². The molecule has 0 radical (unpaired) electrons. The first-order valence-corrected chi connectivity index (χ1v) is 12.6. The van der Waals surface area contributed by atoms with Gasteiger partial charge in [0.1, 0.15) is 0 Å². The number of Topliss-reactive ketones (excluding diaryl/α,β-unsaturated/α-hetero) is 1. The Kier molecular flexibility index (Phi) is 10.3. The molecule has 1 aliphatic heterocycles. The van der Waals surface area contributed by atoms with Crippen LogP contribution in [-0.4, -0.2) is 101 Å². The summed E-state index contributed by atoms with van der Waals surface area (Å²) in [4.78, 5) is 43.0. The highest BCUT2D eigenvalue weighted by atomic mass is 19.1. The van der Waals surface area contributed by atoms with Gasteiger partial charge in [0.2, 0.25) is 5.96 Å². The van der Waals surface area contributed by atoms with Crippen LogP contribution in [0.25, 0.3) is 10.9 Å². The number of nitrogens with two attached hydrogens (primary N) is 2. The summed E-state index contributed by atoms with van der Waals surface area (Å²) in [6.07, 6.45) is 15.4. The van der Waals surface area contributed by atoms with Crippen LogP contribution in [0.5, 0.6) is 0 Å². The molecule has 0 aromatic carbocycles. The number of aromatic amines is 1. The van der Waals surface area contributed by atoms with Crippen molar-refractivity contribution in [3.05, 3.63) is 60.1 Å². The number of pyridine rings is 1. The fraction of sp³-hybridized carbons (Fsp3) is 0.296. The van der Waals surface area contributed by atoms with Gasteiger partial charge in [-0.2, -0.15) is 5.10 Å². The van der Waals surface area contributed by atoms with Crippen molar-refractivity contribution in [3.63, 3.8) is 0 Å². The van der Waals surface area contributed by atoms with Crippen LogP contribution in [0.3, 0.4) is 0 Å². The molecule has 41 heavy (non-hydrogen) atoms. The van der Waals surface area contributed by atoms with Crippen molar-refractivity contribution in [2.75, 3.05) is 52.0 Å². The zero-order valence-electron chi connectivity index (χ0n) is 23.3. The van der Waals surface area contributed by atoms with Crippen molar-refractivity contribution >= 4 is 41.1 Å². The summed E-state index contributed by atoms with van der Waals surface area (Å²) in [7, 11) is 3.66. The summed E-state index contributed by atoms with van der Waals surface area (Å²) in [5.74, 6) is 6.70. The predicted molar refractivity (Wildman–Crippen MR) is 158 cm³/mol. The molecule has 2 aromatic heterocycles. The van der Waals surface area contributed by atoms with Crippen LogP contribution in [0.15, 0.2) is 58.8 Å². The molecule has 0 aliphatic carbocycles. The van der Waals surface area contributed by atoms with E-state index < -0.39 is 17.5 Å². The second-order valence-electron chi connectivity index (χ2n) is 9.05. The van der Waals surface area contributed by atoms with Crippen LogP contribution in [0, 0.1) is 18.2 Å². The zero-order chi connectivity index (χ0) is 30.1. The van der Waals surface area contributed by atoms with E-state index in [-0.39, 0.29) is 35.4 Å². The van der Waals surface area contributed by atoms with Gasteiger partial charge in [-0.1, -0.05) is 12.0 Å². The van der Waals surface area contributed by atoms with E-state index in [1.54, 1.807) is 17.1 Å². The molecule has 1 fully saturated rings. The topological polar surface area (TPSA) is 156 Å². The van der Waals surface area contributed by atoms with E-state index in [2.05, 4.69) is 27.7 Å². The van der Waals surface area contributed by atoms with Gasteiger partial charge in [-0.15, -0.1) is 6.42 Å². The van der Waals surface area contributed by atoms with E-state index in [4.69, 9.17) is 23.0 Å². The molecule has 2 aromatic rings.